The van der Waals surface area contributed by atoms with Gasteiger partial charge in [0.25, 0.3) is 0 Å². The van der Waals surface area contributed by atoms with Crippen molar-refractivity contribution >= 4 is 22.1 Å². The molecule has 0 heterocycles. The lowest BCUT2D eigenvalue weighted by Crippen LogP contribution is -2.00. The molecule has 0 spiro atoms. The first-order valence-electron chi connectivity index (χ1n) is 4.28. The average Bonchev–Trinajstić information content (AvgIpc) is 2.15. The van der Waals surface area contributed by atoms with Crippen molar-refractivity contribution in [2.24, 2.45) is 10.7 Å². The fourth-order valence-electron chi connectivity index (χ4n) is 0.901. The predicted molar refractivity (Wildman–Crippen MR) is 60.3 cm³/mol. The summed E-state index contributed by atoms with van der Waals surface area (Å²) in [5.41, 5.74) is 6.47. The second kappa shape index (κ2) is 5.89. The molecule has 0 saturated heterocycles. The predicted octanol–water partition coefficient (Wildman–Crippen LogP) is 2.22. The van der Waals surface area contributed by atoms with Gasteiger partial charge in [-0.25, -0.2) is 0 Å². The van der Waals surface area contributed by atoms with Crippen LogP contribution in [0.1, 0.15) is 12.0 Å². The normalized spacial score (nSPS) is 10.9. The third-order valence-corrected chi connectivity index (χ3v) is 2.13. The molecule has 0 aliphatic heterocycles. The first kappa shape index (κ1) is 10.4. The van der Waals surface area contributed by atoms with E-state index in [0.29, 0.717) is 6.54 Å². The van der Waals surface area contributed by atoms with Gasteiger partial charge < -0.3 is 5.73 Å². The molecule has 0 fully saturated rings. The maximum Gasteiger partial charge on any atom is 0.0401 e. The summed E-state index contributed by atoms with van der Waals surface area (Å²) in [5, 5.41) is 0. The molecular formula is C10H13BrN2. The zero-order valence-corrected chi connectivity index (χ0v) is 9.00. The number of halogens is 1. The standard InChI is InChI=1S/C10H13BrN2/c11-10-4-2-9(3-5-10)8-13-7-1-6-12/h2-5,8H,1,6-7,12H2. The molecule has 1 rings (SSSR count). The molecule has 0 unspecified atom stereocenters. The number of benzene rings is 1. The van der Waals surface area contributed by atoms with E-state index < -0.39 is 0 Å². The monoisotopic (exact) mass is 240 g/mol. The van der Waals surface area contributed by atoms with Crippen molar-refractivity contribution in [3.8, 4) is 0 Å². The SMILES string of the molecule is NCCCN=Cc1ccc(Br)cc1. The van der Waals surface area contributed by atoms with Crippen molar-refractivity contribution in [3.63, 3.8) is 0 Å². The van der Waals surface area contributed by atoms with E-state index in [0.717, 1.165) is 23.0 Å². The zero-order valence-electron chi connectivity index (χ0n) is 7.41. The summed E-state index contributed by atoms with van der Waals surface area (Å²) in [4.78, 5) is 4.24. The Morgan fingerprint density at radius 3 is 2.62 bits per heavy atom. The largest absolute Gasteiger partial charge is 0.330 e. The Hall–Kier alpha value is -0.670. The highest BCUT2D eigenvalue weighted by Crippen LogP contribution is 2.08. The molecule has 0 amide bonds. The molecule has 2 N–H and O–H groups in total. The van der Waals surface area contributed by atoms with Gasteiger partial charge in [0.05, 0.1) is 0 Å². The van der Waals surface area contributed by atoms with Crippen LogP contribution in [-0.2, 0) is 0 Å². The molecule has 0 aliphatic carbocycles. The van der Waals surface area contributed by atoms with E-state index >= 15 is 0 Å². The number of hydrogen-bond acceptors (Lipinski definition) is 2. The Labute approximate surface area is 87.0 Å². The molecule has 0 atom stereocenters. The molecule has 0 aromatic heterocycles. The molecule has 13 heavy (non-hydrogen) atoms. The minimum Gasteiger partial charge on any atom is -0.330 e. The van der Waals surface area contributed by atoms with Crippen molar-refractivity contribution in [3.05, 3.63) is 34.3 Å². The smallest absolute Gasteiger partial charge is 0.0401 e. The highest BCUT2D eigenvalue weighted by atomic mass is 79.9. The molecule has 70 valence electrons. The van der Waals surface area contributed by atoms with Crippen LogP contribution < -0.4 is 5.73 Å². The first-order chi connectivity index (χ1) is 6.33. The zero-order chi connectivity index (χ0) is 9.52. The van der Waals surface area contributed by atoms with E-state index in [-0.39, 0.29) is 0 Å². The molecule has 1 aromatic rings. The average molecular weight is 241 g/mol. The highest BCUT2D eigenvalue weighted by molar-refractivity contribution is 9.10. The maximum atomic E-state index is 5.35. The van der Waals surface area contributed by atoms with Gasteiger partial charge in [0.15, 0.2) is 0 Å². The number of nitrogens with zero attached hydrogens (tertiary/aromatic N) is 1. The Morgan fingerprint density at radius 2 is 2.00 bits per heavy atom. The molecule has 0 radical (unpaired) electrons. The molecule has 0 bridgehead atoms. The fraction of sp³-hybridized carbons (Fsp3) is 0.300. The number of aliphatic imine (C=N–C) groups is 1. The van der Waals surface area contributed by atoms with E-state index in [9.17, 15) is 0 Å². The summed E-state index contributed by atoms with van der Waals surface area (Å²) in [6, 6.07) is 8.06. The van der Waals surface area contributed by atoms with Gasteiger partial charge in [0.2, 0.25) is 0 Å². The van der Waals surface area contributed by atoms with Crippen LogP contribution in [0.4, 0.5) is 0 Å². The summed E-state index contributed by atoms with van der Waals surface area (Å²) in [7, 11) is 0. The van der Waals surface area contributed by atoms with Crippen molar-refractivity contribution < 1.29 is 0 Å². The number of hydrogen-bond donors (Lipinski definition) is 1. The lowest BCUT2D eigenvalue weighted by atomic mass is 10.2. The molecule has 0 saturated carbocycles. The summed E-state index contributed by atoms with van der Waals surface area (Å²) < 4.78 is 1.09. The minimum atomic E-state index is 0.706. The molecule has 3 heteroatoms. The molecule has 2 nitrogen and oxygen atoms in total. The van der Waals surface area contributed by atoms with Gasteiger partial charge in [0, 0.05) is 17.2 Å². The summed E-state index contributed by atoms with van der Waals surface area (Å²) in [5.74, 6) is 0. The van der Waals surface area contributed by atoms with Crippen LogP contribution in [0.3, 0.4) is 0 Å². The van der Waals surface area contributed by atoms with Crippen LogP contribution >= 0.6 is 15.9 Å². The second-order valence-electron chi connectivity index (χ2n) is 2.73. The first-order valence-corrected chi connectivity index (χ1v) is 5.07. The summed E-state index contributed by atoms with van der Waals surface area (Å²) in [6.45, 7) is 1.52. The van der Waals surface area contributed by atoms with Crippen molar-refractivity contribution in [2.75, 3.05) is 13.1 Å². The maximum absolute atomic E-state index is 5.35. The van der Waals surface area contributed by atoms with Gasteiger partial charge >= 0.3 is 0 Å². The van der Waals surface area contributed by atoms with Crippen molar-refractivity contribution in [1.29, 1.82) is 0 Å². The van der Waals surface area contributed by atoms with Gasteiger partial charge in [-0.1, -0.05) is 28.1 Å². The van der Waals surface area contributed by atoms with E-state index in [1.165, 1.54) is 0 Å². The van der Waals surface area contributed by atoms with Gasteiger partial charge in [-0.3, -0.25) is 4.99 Å². The topological polar surface area (TPSA) is 38.4 Å². The highest BCUT2D eigenvalue weighted by Gasteiger charge is 1.87. The molecular weight excluding hydrogens is 228 g/mol. The lowest BCUT2D eigenvalue weighted by Gasteiger charge is -1.93. The third-order valence-electron chi connectivity index (χ3n) is 1.60. The van der Waals surface area contributed by atoms with Crippen LogP contribution in [0, 0.1) is 0 Å². The Balaban J connectivity index is 2.44. The molecule has 0 aliphatic rings. The Kier molecular flexibility index (Phi) is 4.72. The quantitative estimate of drug-likeness (QED) is 0.637. The summed E-state index contributed by atoms with van der Waals surface area (Å²) >= 11 is 3.38. The van der Waals surface area contributed by atoms with Crippen LogP contribution in [-0.4, -0.2) is 19.3 Å². The third kappa shape index (κ3) is 4.20. The fourth-order valence-corrected chi connectivity index (χ4v) is 1.17. The van der Waals surface area contributed by atoms with E-state index in [4.69, 9.17) is 5.73 Å². The van der Waals surface area contributed by atoms with Gasteiger partial charge in [-0.2, -0.15) is 0 Å². The lowest BCUT2D eigenvalue weighted by molar-refractivity contribution is 0.847. The van der Waals surface area contributed by atoms with E-state index in [1.54, 1.807) is 0 Å². The van der Waals surface area contributed by atoms with Crippen LogP contribution in [0.15, 0.2) is 33.7 Å². The van der Waals surface area contributed by atoms with Crippen molar-refractivity contribution in [1.82, 2.24) is 0 Å². The van der Waals surface area contributed by atoms with Crippen LogP contribution in [0.25, 0.3) is 0 Å². The second-order valence-corrected chi connectivity index (χ2v) is 3.64. The number of rotatable bonds is 4. The van der Waals surface area contributed by atoms with Crippen LogP contribution in [0.5, 0.6) is 0 Å². The van der Waals surface area contributed by atoms with Crippen LogP contribution in [0.2, 0.25) is 0 Å². The summed E-state index contributed by atoms with van der Waals surface area (Å²) in [6.07, 6.45) is 2.83. The van der Waals surface area contributed by atoms with Crippen molar-refractivity contribution in [2.45, 2.75) is 6.42 Å². The van der Waals surface area contributed by atoms with Gasteiger partial charge in [-0.15, -0.1) is 0 Å². The Bertz CT molecular complexity index is 267. The minimum absolute atomic E-state index is 0.706. The van der Waals surface area contributed by atoms with E-state index in [1.807, 2.05) is 30.5 Å². The van der Waals surface area contributed by atoms with Gasteiger partial charge in [-0.05, 0) is 30.7 Å². The Morgan fingerprint density at radius 1 is 1.31 bits per heavy atom. The molecule has 1 aromatic carbocycles. The number of nitrogens with two attached hydrogens (primary N) is 1. The van der Waals surface area contributed by atoms with Gasteiger partial charge in [0.1, 0.15) is 0 Å². The van der Waals surface area contributed by atoms with E-state index in [2.05, 4.69) is 20.9 Å².